The third-order valence-electron chi connectivity index (χ3n) is 10.5. The lowest BCUT2D eigenvalue weighted by Crippen LogP contribution is -2.41. The highest BCUT2D eigenvalue weighted by atomic mass is 16.5. The quantitative estimate of drug-likeness (QED) is 0.0534. The van der Waals surface area contributed by atoms with Gasteiger partial charge in [-0.25, -0.2) is 0 Å². The lowest BCUT2D eigenvalue weighted by atomic mass is 9.96. The third kappa shape index (κ3) is 24.1. The maximum absolute atomic E-state index is 12.5. The number of carbonyl (C=O) groups is 2. The topological polar surface area (TPSA) is 72.0 Å². The number of hydrogen-bond acceptors (Lipinski definition) is 7. The number of esters is 2. The van der Waals surface area contributed by atoms with Crippen LogP contribution >= 0.6 is 0 Å². The normalized spacial score (nSPS) is 13.6. The molecular formula is C43H77N3O4. The van der Waals surface area contributed by atoms with Crippen LogP contribution in [-0.4, -0.2) is 67.8 Å². The largest absolute Gasteiger partial charge is 0.464 e. The number of carbonyl (C=O) groups excluding carboxylic acids is 2. The van der Waals surface area contributed by atoms with Crippen LogP contribution < -0.4 is 4.90 Å². The Morgan fingerprint density at radius 2 is 1.00 bits per heavy atom. The highest BCUT2D eigenvalue weighted by Gasteiger charge is 2.22. The minimum atomic E-state index is -0.0788. The molecule has 0 aliphatic carbocycles. The Balaban J connectivity index is 1.61. The van der Waals surface area contributed by atoms with Crippen LogP contribution in [0.4, 0.5) is 5.69 Å². The molecule has 7 heteroatoms. The van der Waals surface area contributed by atoms with Gasteiger partial charge in [-0.1, -0.05) is 142 Å². The van der Waals surface area contributed by atoms with Crippen molar-refractivity contribution >= 4 is 17.6 Å². The summed E-state index contributed by atoms with van der Waals surface area (Å²) in [7, 11) is 0. The molecule has 288 valence electrons. The fourth-order valence-electron chi connectivity index (χ4n) is 7.18. The Kier molecular flexibility index (Phi) is 27.8. The first-order chi connectivity index (χ1) is 24.6. The van der Waals surface area contributed by atoms with Crippen molar-refractivity contribution in [1.82, 2.24) is 9.88 Å². The van der Waals surface area contributed by atoms with Crippen LogP contribution in [0.3, 0.4) is 0 Å². The second-order valence-electron chi connectivity index (χ2n) is 14.9. The van der Waals surface area contributed by atoms with E-state index >= 15 is 0 Å². The van der Waals surface area contributed by atoms with E-state index in [4.69, 9.17) is 9.47 Å². The Morgan fingerprint density at radius 1 is 0.620 bits per heavy atom. The fourth-order valence-corrected chi connectivity index (χ4v) is 7.18. The van der Waals surface area contributed by atoms with E-state index in [0.717, 1.165) is 58.2 Å². The monoisotopic (exact) mass is 700 g/mol. The van der Waals surface area contributed by atoms with Crippen molar-refractivity contribution in [2.24, 2.45) is 5.92 Å². The van der Waals surface area contributed by atoms with Gasteiger partial charge in [-0.2, -0.15) is 0 Å². The molecule has 0 unspecified atom stereocenters. The molecule has 0 spiro atoms. The van der Waals surface area contributed by atoms with Crippen LogP contribution in [0.25, 0.3) is 0 Å². The maximum Gasteiger partial charge on any atom is 0.305 e. The molecule has 0 amide bonds. The number of piperidine rings is 1. The van der Waals surface area contributed by atoms with Gasteiger partial charge in [-0.15, -0.1) is 0 Å². The van der Waals surface area contributed by atoms with Gasteiger partial charge in [0.1, 0.15) is 13.2 Å². The first-order valence-corrected chi connectivity index (χ1v) is 21.3. The van der Waals surface area contributed by atoms with E-state index in [-0.39, 0.29) is 11.9 Å². The van der Waals surface area contributed by atoms with E-state index in [1.165, 1.54) is 121 Å². The molecule has 0 bridgehead atoms. The molecule has 0 N–H and O–H groups in total. The van der Waals surface area contributed by atoms with Crippen LogP contribution in [0.5, 0.6) is 0 Å². The van der Waals surface area contributed by atoms with Crippen LogP contribution in [0.2, 0.25) is 0 Å². The minimum Gasteiger partial charge on any atom is -0.464 e. The van der Waals surface area contributed by atoms with Gasteiger partial charge in [-0.3, -0.25) is 19.5 Å². The summed E-state index contributed by atoms with van der Waals surface area (Å²) in [4.78, 5) is 33.9. The van der Waals surface area contributed by atoms with Crippen LogP contribution in [0.15, 0.2) is 24.5 Å². The highest BCUT2D eigenvalue weighted by molar-refractivity contribution is 5.69. The first-order valence-electron chi connectivity index (χ1n) is 21.3. The standard InChI is InChI=1S/C43H77N3O4/c1-3-5-7-9-11-13-15-17-19-21-23-25-42(47)49-37-35-45(39-40-29-33-46(34-30-40)41-27-31-44-32-28-41)36-38-50-43(48)26-24-22-20-18-16-14-12-10-8-6-4-2/h27-28,31-32,40H,3-26,29-30,33-39H2,1-2H3. The summed E-state index contributed by atoms with van der Waals surface area (Å²) in [6.07, 6.45) is 35.0. The summed E-state index contributed by atoms with van der Waals surface area (Å²) in [5.74, 6) is 0.419. The van der Waals surface area contributed by atoms with Crippen molar-refractivity contribution in [2.75, 3.05) is 50.8 Å². The SMILES string of the molecule is CCCCCCCCCCCCCC(=O)OCCN(CCOC(=O)CCCCCCCCCCCCC)CC1CCN(c2ccncc2)CC1. The lowest BCUT2D eigenvalue weighted by molar-refractivity contribution is -0.144. The van der Waals surface area contributed by atoms with Gasteiger partial charge < -0.3 is 14.4 Å². The molecular weight excluding hydrogens is 622 g/mol. The molecule has 1 aromatic heterocycles. The third-order valence-corrected chi connectivity index (χ3v) is 10.5. The number of rotatable bonds is 33. The average Bonchev–Trinajstić information content (AvgIpc) is 3.13. The maximum atomic E-state index is 12.5. The zero-order valence-electron chi connectivity index (χ0n) is 32.7. The second-order valence-corrected chi connectivity index (χ2v) is 14.9. The van der Waals surface area contributed by atoms with E-state index in [2.05, 4.69) is 40.8 Å². The van der Waals surface area contributed by atoms with Crippen molar-refractivity contribution in [3.8, 4) is 0 Å². The van der Waals surface area contributed by atoms with E-state index in [0.29, 0.717) is 45.1 Å². The van der Waals surface area contributed by atoms with Crippen LogP contribution in [0.1, 0.15) is 181 Å². The van der Waals surface area contributed by atoms with Gasteiger partial charge in [0.25, 0.3) is 0 Å². The molecule has 1 fully saturated rings. The number of anilines is 1. The second kappa shape index (κ2) is 31.6. The summed E-state index contributed by atoms with van der Waals surface area (Å²) in [5.41, 5.74) is 1.24. The smallest absolute Gasteiger partial charge is 0.305 e. The Bertz CT molecular complexity index is 878. The number of aromatic nitrogens is 1. The molecule has 1 aliphatic rings. The van der Waals surface area contributed by atoms with Crippen molar-refractivity contribution in [3.63, 3.8) is 0 Å². The molecule has 1 aromatic rings. The van der Waals surface area contributed by atoms with Gasteiger partial charge in [0.05, 0.1) is 0 Å². The summed E-state index contributed by atoms with van der Waals surface area (Å²) in [6, 6.07) is 4.17. The summed E-state index contributed by atoms with van der Waals surface area (Å²) < 4.78 is 11.4. The van der Waals surface area contributed by atoms with Gasteiger partial charge in [-0.05, 0) is 43.7 Å². The first kappa shape index (κ1) is 44.0. The summed E-state index contributed by atoms with van der Waals surface area (Å²) in [6.45, 7) is 9.71. The van der Waals surface area contributed by atoms with Crippen molar-refractivity contribution < 1.29 is 19.1 Å². The number of hydrogen-bond donors (Lipinski definition) is 0. The molecule has 0 aromatic carbocycles. The Morgan fingerprint density at radius 3 is 1.40 bits per heavy atom. The molecule has 0 radical (unpaired) electrons. The van der Waals surface area contributed by atoms with Crippen molar-refractivity contribution in [1.29, 1.82) is 0 Å². The highest BCUT2D eigenvalue weighted by Crippen LogP contribution is 2.23. The average molecular weight is 700 g/mol. The molecule has 0 saturated carbocycles. The van der Waals surface area contributed by atoms with Gasteiger partial charge in [0, 0.05) is 63.6 Å². The number of nitrogens with zero attached hydrogens (tertiary/aromatic N) is 3. The fraction of sp³-hybridized carbons (Fsp3) is 0.837. The van der Waals surface area contributed by atoms with Gasteiger partial charge >= 0.3 is 11.9 Å². The summed E-state index contributed by atoms with van der Waals surface area (Å²) >= 11 is 0. The zero-order valence-corrected chi connectivity index (χ0v) is 32.7. The van der Waals surface area contributed by atoms with Gasteiger partial charge in [0.2, 0.25) is 0 Å². The zero-order chi connectivity index (χ0) is 35.7. The molecule has 50 heavy (non-hydrogen) atoms. The number of ether oxygens (including phenoxy) is 2. The van der Waals surface area contributed by atoms with Crippen molar-refractivity contribution in [3.05, 3.63) is 24.5 Å². The van der Waals surface area contributed by atoms with Crippen molar-refractivity contribution in [2.45, 2.75) is 181 Å². The molecule has 7 nitrogen and oxygen atoms in total. The summed E-state index contributed by atoms with van der Waals surface area (Å²) in [5, 5.41) is 0. The van der Waals surface area contributed by atoms with E-state index in [9.17, 15) is 9.59 Å². The number of pyridine rings is 1. The molecule has 2 rings (SSSR count). The molecule has 2 heterocycles. The lowest BCUT2D eigenvalue weighted by Gasteiger charge is -2.36. The van der Waals surface area contributed by atoms with Gasteiger partial charge in [0.15, 0.2) is 0 Å². The van der Waals surface area contributed by atoms with E-state index in [1.807, 2.05) is 12.4 Å². The molecule has 1 saturated heterocycles. The van der Waals surface area contributed by atoms with Crippen LogP contribution in [0, 0.1) is 5.92 Å². The predicted molar refractivity (Wildman–Crippen MR) is 210 cm³/mol. The number of unbranched alkanes of at least 4 members (excludes halogenated alkanes) is 20. The predicted octanol–water partition coefficient (Wildman–Crippen LogP) is 11.1. The van der Waals surface area contributed by atoms with E-state index in [1.54, 1.807) is 0 Å². The Hall–Kier alpha value is -2.15. The Labute approximate surface area is 308 Å². The molecule has 0 atom stereocenters. The van der Waals surface area contributed by atoms with Crippen LogP contribution in [-0.2, 0) is 19.1 Å². The minimum absolute atomic E-state index is 0.0788. The van der Waals surface area contributed by atoms with E-state index < -0.39 is 0 Å². The molecule has 1 aliphatic heterocycles.